The number of aromatic amines is 1. The summed E-state index contributed by atoms with van der Waals surface area (Å²) in [5, 5.41) is 21.9. The van der Waals surface area contributed by atoms with E-state index in [0.717, 1.165) is 10.8 Å². The first-order chi connectivity index (χ1) is 10.6. The molecule has 0 unspecified atom stereocenters. The lowest BCUT2D eigenvalue weighted by Crippen LogP contribution is -2.15. The molecular weight excluding hydrogens is 282 g/mol. The molecule has 1 heterocycles. The van der Waals surface area contributed by atoms with Crippen molar-refractivity contribution in [1.82, 2.24) is 15.2 Å². The van der Waals surface area contributed by atoms with Crippen molar-refractivity contribution >= 4 is 22.8 Å². The van der Waals surface area contributed by atoms with Crippen LogP contribution in [-0.2, 0) is 0 Å². The highest BCUT2D eigenvalue weighted by Crippen LogP contribution is 2.25. The van der Waals surface area contributed by atoms with Gasteiger partial charge in [-0.15, -0.1) is 0 Å². The van der Waals surface area contributed by atoms with Gasteiger partial charge in [-0.2, -0.15) is 15.2 Å². The number of aryl methyl sites for hydroxylation is 1. The Kier molecular flexibility index (Phi) is 3.53. The van der Waals surface area contributed by atoms with Gasteiger partial charge >= 0.3 is 5.69 Å². The summed E-state index contributed by atoms with van der Waals surface area (Å²) >= 11 is 0. The van der Waals surface area contributed by atoms with Crippen molar-refractivity contribution in [2.75, 3.05) is 5.43 Å². The Hall–Kier alpha value is -3.22. The van der Waals surface area contributed by atoms with Crippen LogP contribution in [0.3, 0.4) is 0 Å². The normalized spacial score (nSPS) is 11.1. The minimum absolute atomic E-state index is 0.123. The van der Waals surface area contributed by atoms with Crippen LogP contribution in [0.1, 0.15) is 11.3 Å². The topological polar surface area (TPSA) is 103 Å². The Morgan fingerprint density at radius 1 is 1.27 bits per heavy atom. The van der Waals surface area contributed by atoms with Gasteiger partial charge in [0, 0.05) is 5.56 Å². The molecule has 0 saturated carbocycles. The summed E-state index contributed by atoms with van der Waals surface area (Å²) in [4.78, 5) is 14.9. The first kappa shape index (κ1) is 13.7. The van der Waals surface area contributed by atoms with E-state index >= 15 is 0 Å². The zero-order valence-electron chi connectivity index (χ0n) is 11.7. The van der Waals surface area contributed by atoms with E-state index in [1.54, 1.807) is 13.0 Å². The van der Waals surface area contributed by atoms with Crippen LogP contribution < -0.4 is 11.1 Å². The van der Waals surface area contributed by atoms with Gasteiger partial charge < -0.3 is 5.11 Å². The van der Waals surface area contributed by atoms with Crippen molar-refractivity contribution in [3.05, 3.63) is 58.1 Å². The van der Waals surface area contributed by atoms with Crippen molar-refractivity contribution in [1.29, 1.82) is 0 Å². The standard InChI is InChI=1S/C15H13N5O2/c1-9-14(17-15(22)20-18-9)19-16-8-12-11-5-3-2-4-10(11)6-7-13(12)21/h2-8,21H,1H3,(H2,17,19,20,22)/b16-8+. The summed E-state index contributed by atoms with van der Waals surface area (Å²) in [5.41, 5.74) is 3.20. The number of aromatic hydroxyl groups is 1. The molecule has 0 aliphatic heterocycles. The molecule has 7 heteroatoms. The summed E-state index contributed by atoms with van der Waals surface area (Å²) in [6.07, 6.45) is 1.49. The maximum absolute atomic E-state index is 11.1. The fourth-order valence-corrected chi connectivity index (χ4v) is 2.08. The van der Waals surface area contributed by atoms with Gasteiger partial charge in [-0.3, -0.25) is 5.43 Å². The summed E-state index contributed by atoms with van der Waals surface area (Å²) in [7, 11) is 0. The third kappa shape index (κ3) is 2.64. The van der Waals surface area contributed by atoms with Crippen molar-refractivity contribution in [2.45, 2.75) is 6.92 Å². The number of nitrogens with zero attached hydrogens (tertiary/aromatic N) is 3. The van der Waals surface area contributed by atoms with E-state index < -0.39 is 5.69 Å². The fourth-order valence-electron chi connectivity index (χ4n) is 2.08. The second kappa shape index (κ2) is 5.65. The van der Waals surface area contributed by atoms with Crippen LogP contribution in [0.15, 0.2) is 46.3 Å². The zero-order valence-corrected chi connectivity index (χ0v) is 11.7. The predicted octanol–water partition coefficient (Wildman–Crippen LogP) is 1.78. The lowest BCUT2D eigenvalue weighted by molar-refractivity contribution is 0.475. The molecule has 1 aromatic heterocycles. The number of hydrogen-bond acceptors (Lipinski definition) is 6. The van der Waals surface area contributed by atoms with Gasteiger partial charge in [-0.25, -0.2) is 9.89 Å². The Labute approximate surface area is 125 Å². The Morgan fingerprint density at radius 3 is 2.95 bits per heavy atom. The van der Waals surface area contributed by atoms with Gasteiger partial charge in [-0.05, 0) is 23.8 Å². The Bertz CT molecular complexity index is 917. The average Bonchev–Trinajstić information content (AvgIpc) is 2.53. The Morgan fingerprint density at radius 2 is 2.09 bits per heavy atom. The van der Waals surface area contributed by atoms with E-state index in [1.807, 2.05) is 30.3 Å². The lowest BCUT2D eigenvalue weighted by atomic mass is 10.0. The zero-order chi connectivity index (χ0) is 15.5. The third-order valence-corrected chi connectivity index (χ3v) is 3.19. The largest absolute Gasteiger partial charge is 0.507 e. The number of benzene rings is 2. The van der Waals surface area contributed by atoms with Crippen LogP contribution in [0, 0.1) is 6.92 Å². The predicted molar refractivity (Wildman–Crippen MR) is 84.2 cm³/mol. The van der Waals surface area contributed by atoms with E-state index in [4.69, 9.17) is 0 Å². The number of phenolic OH excluding ortho intramolecular Hbond substituents is 1. The van der Waals surface area contributed by atoms with Crippen LogP contribution in [0.25, 0.3) is 10.8 Å². The molecule has 2 aromatic carbocycles. The first-order valence-electron chi connectivity index (χ1n) is 6.58. The molecule has 0 amide bonds. The number of fused-ring (bicyclic) bond motifs is 1. The summed E-state index contributed by atoms with van der Waals surface area (Å²) < 4.78 is 0. The fraction of sp³-hybridized carbons (Fsp3) is 0.0667. The first-order valence-corrected chi connectivity index (χ1v) is 6.58. The molecule has 22 heavy (non-hydrogen) atoms. The molecule has 0 aliphatic rings. The van der Waals surface area contributed by atoms with Crippen LogP contribution >= 0.6 is 0 Å². The van der Waals surface area contributed by atoms with Crippen molar-refractivity contribution in [3.63, 3.8) is 0 Å². The summed E-state index contributed by atoms with van der Waals surface area (Å²) in [6, 6.07) is 11.1. The van der Waals surface area contributed by atoms with E-state index in [0.29, 0.717) is 11.3 Å². The Balaban J connectivity index is 1.94. The highest BCUT2D eigenvalue weighted by atomic mass is 16.3. The van der Waals surface area contributed by atoms with Crippen molar-refractivity contribution < 1.29 is 5.11 Å². The highest BCUT2D eigenvalue weighted by Gasteiger charge is 2.05. The minimum Gasteiger partial charge on any atom is -0.507 e. The van der Waals surface area contributed by atoms with Crippen LogP contribution in [-0.4, -0.2) is 26.5 Å². The molecule has 3 aromatic rings. The number of anilines is 1. The monoisotopic (exact) mass is 295 g/mol. The van der Waals surface area contributed by atoms with Gasteiger partial charge in [0.2, 0.25) is 0 Å². The van der Waals surface area contributed by atoms with Crippen molar-refractivity contribution in [2.24, 2.45) is 5.10 Å². The molecule has 3 rings (SSSR count). The molecule has 110 valence electrons. The molecular formula is C15H13N5O2. The van der Waals surface area contributed by atoms with E-state index in [1.165, 1.54) is 6.21 Å². The number of H-pyrrole nitrogens is 1. The molecule has 0 radical (unpaired) electrons. The SMILES string of the molecule is Cc1n[nH]c(=O)nc1N/N=C/c1c(O)ccc2ccccc12. The maximum atomic E-state index is 11.1. The number of hydrogen-bond donors (Lipinski definition) is 3. The lowest BCUT2D eigenvalue weighted by Gasteiger charge is -2.05. The molecule has 0 bridgehead atoms. The molecule has 0 aliphatic carbocycles. The molecule has 7 nitrogen and oxygen atoms in total. The third-order valence-electron chi connectivity index (χ3n) is 3.19. The number of phenols is 1. The smallest absolute Gasteiger partial charge is 0.363 e. The molecule has 0 spiro atoms. The van der Waals surface area contributed by atoms with Gasteiger partial charge in [0.05, 0.1) is 6.21 Å². The van der Waals surface area contributed by atoms with Gasteiger partial charge in [0.15, 0.2) is 5.82 Å². The molecule has 3 N–H and O–H groups in total. The second-order valence-electron chi connectivity index (χ2n) is 4.66. The number of hydrazone groups is 1. The maximum Gasteiger partial charge on any atom is 0.363 e. The molecule has 0 saturated heterocycles. The summed E-state index contributed by atoms with van der Waals surface area (Å²) in [5.74, 6) is 0.387. The van der Waals surface area contributed by atoms with Gasteiger partial charge in [-0.1, -0.05) is 30.3 Å². The highest BCUT2D eigenvalue weighted by molar-refractivity contribution is 6.02. The van der Waals surface area contributed by atoms with Crippen molar-refractivity contribution in [3.8, 4) is 5.75 Å². The van der Waals surface area contributed by atoms with E-state index in [2.05, 4.69) is 25.7 Å². The quantitative estimate of drug-likeness (QED) is 0.505. The number of nitrogens with one attached hydrogen (secondary N) is 2. The molecule has 0 atom stereocenters. The minimum atomic E-state index is -0.559. The number of rotatable bonds is 3. The van der Waals surface area contributed by atoms with Crippen LogP contribution in [0.4, 0.5) is 5.82 Å². The second-order valence-corrected chi connectivity index (χ2v) is 4.66. The van der Waals surface area contributed by atoms with Crippen LogP contribution in [0.5, 0.6) is 5.75 Å². The van der Waals surface area contributed by atoms with E-state index in [-0.39, 0.29) is 11.6 Å². The van der Waals surface area contributed by atoms with Crippen LogP contribution in [0.2, 0.25) is 0 Å². The van der Waals surface area contributed by atoms with Gasteiger partial charge in [0.25, 0.3) is 0 Å². The average molecular weight is 295 g/mol. The summed E-state index contributed by atoms with van der Waals surface area (Å²) in [6.45, 7) is 1.69. The number of aromatic nitrogens is 3. The van der Waals surface area contributed by atoms with Gasteiger partial charge in [0.1, 0.15) is 11.4 Å². The molecule has 0 fully saturated rings. The van der Waals surface area contributed by atoms with E-state index in [9.17, 15) is 9.90 Å².